The van der Waals surface area contributed by atoms with Gasteiger partial charge in [-0.3, -0.25) is 9.48 Å². The number of allylic oxidation sites excluding steroid dienone is 3. The van der Waals surface area contributed by atoms with E-state index in [4.69, 9.17) is 0 Å². The molecule has 2 aromatic carbocycles. The maximum atomic E-state index is 12.8. The molecule has 0 saturated heterocycles. The molecule has 2 aliphatic rings. The fourth-order valence-corrected chi connectivity index (χ4v) is 4.22. The first-order valence-corrected chi connectivity index (χ1v) is 10.8. The van der Waals surface area contributed by atoms with E-state index in [0.29, 0.717) is 6.54 Å². The molecule has 1 N–H and O–H groups in total. The van der Waals surface area contributed by atoms with Crippen LogP contribution in [0.5, 0.6) is 0 Å². The van der Waals surface area contributed by atoms with Crippen molar-refractivity contribution >= 4 is 5.91 Å². The van der Waals surface area contributed by atoms with Gasteiger partial charge in [-0.05, 0) is 65.4 Å². The Balaban J connectivity index is 1.21. The Morgan fingerprint density at radius 2 is 1.84 bits per heavy atom. The van der Waals surface area contributed by atoms with Crippen LogP contribution in [0.4, 0.5) is 0 Å². The van der Waals surface area contributed by atoms with Gasteiger partial charge in [0, 0.05) is 43.3 Å². The lowest BCUT2D eigenvalue weighted by molar-refractivity contribution is 0.0951. The predicted molar refractivity (Wildman–Crippen MR) is 122 cm³/mol. The van der Waals surface area contributed by atoms with Crippen LogP contribution in [0.3, 0.4) is 0 Å². The van der Waals surface area contributed by atoms with Gasteiger partial charge in [-0.2, -0.15) is 5.10 Å². The summed E-state index contributed by atoms with van der Waals surface area (Å²) in [5, 5.41) is 7.34. The van der Waals surface area contributed by atoms with Crippen molar-refractivity contribution in [2.24, 2.45) is 0 Å². The fraction of sp³-hybridized carbons (Fsp3) is 0.231. The number of hydrogen-bond donors (Lipinski definition) is 1. The first kappa shape index (κ1) is 19.4. The number of carbonyl (C=O) groups excluding carboxylic acids is 1. The van der Waals surface area contributed by atoms with E-state index in [1.807, 2.05) is 35.1 Å². The van der Waals surface area contributed by atoms with Crippen molar-refractivity contribution < 1.29 is 4.79 Å². The first-order chi connectivity index (χ1) is 15.2. The Kier molecular flexibility index (Phi) is 5.40. The number of amides is 1. The summed E-state index contributed by atoms with van der Waals surface area (Å²) in [4.78, 5) is 15.2. The molecule has 156 valence electrons. The van der Waals surface area contributed by atoms with Crippen molar-refractivity contribution in [3.63, 3.8) is 0 Å². The van der Waals surface area contributed by atoms with Crippen LogP contribution in [-0.4, -0.2) is 33.7 Å². The van der Waals surface area contributed by atoms with E-state index < -0.39 is 0 Å². The van der Waals surface area contributed by atoms with E-state index in [1.165, 1.54) is 22.4 Å². The minimum absolute atomic E-state index is 0.0222. The number of benzene rings is 2. The highest BCUT2D eigenvalue weighted by molar-refractivity contribution is 5.94. The molecule has 1 aromatic heterocycles. The van der Waals surface area contributed by atoms with Gasteiger partial charge < -0.3 is 10.2 Å². The molecule has 0 atom stereocenters. The zero-order valence-electron chi connectivity index (χ0n) is 17.5. The number of nitrogens with zero attached hydrogens (tertiary/aromatic N) is 3. The van der Waals surface area contributed by atoms with Crippen LogP contribution in [0.25, 0.3) is 0 Å². The van der Waals surface area contributed by atoms with Crippen LogP contribution in [0, 0.1) is 0 Å². The lowest BCUT2D eigenvalue weighted by Gasteiger charge is -2.26. The molecule has 0 spiro atoms. The summed E-state index contributed by atoms with van der Waals surface area (Å²) in [6, 6.07) is 16.4. The van der Waals surface area contributed by atoms with Crippen molar-refractivity contribution in [1.82, 2.24) is 20.0 Å². The lowest BCUT2D eigenvalue weighted by atomic mass is 10.00. The quantitative estimate of drug-likeness (QED) is 0.674. The van der Waals surface area contributed by atoms with E-state index in [0.717, 1.165) is 43.6 Å². The Morgan fingerprint density at radius 3 is 2.61 bits per heavy atom. The van der Waals surface area contributed by atoms with Crippen LogP contribution in [0.1, 0.15) is 32.6 Å². The number of carbonyl (C=O) groups is 1. The lowest BCUT2D eigenvalue weighted by Crippen LogP contribution is -2.26. The second-order valence-corrected chi connectivity index (χ2v) is 8.13. The summed E-state index contributed by atoms with van der Waals surface area (Å²) in [6.45, 7) is 3.27. The summed E-state index contributed by atoms with van der Waals surface area (Å²) in [5.74, 6) is -0.0222. The van der Waals surface area contributed by atoms with Gasteiger partial charge in [0.05, 0.1) is 6.54 Å². The monoisotopic (exact) mass is 410 g/mol. The molecule has 1 amide bonds. The molecule has 1 aliphatic heterocycles. The third-order valence-electron chi connectivity index (χ3n) is 6.02. The average molecular weight is 411 g/mol. The van der Waals surface area contributed by atoms with Gasteiger partial charge in [-0.25, -0.2) is 0 Å². The van der Waals surface area contributed by atoms with Crippen molar-refractivity contribution in [2.75, 3.05) is 13.1 Å². The van der Waals surface area contributed by atoms with Gasteiger partial charge in [0.15, 0.2) is 0 Å². The van der Waals surface area contributed by atoms with E-state index in [2.05, 4.69) is 57.8 Å². The van der Waals surface area contributed by atoms with Crippen LogP contribution in [-0.2, 0) is 25.9 Å². The van der Waals surface area contributed by atoms with Crippen molar-refractivity contribution in [1.29, 1.82) is 0 Å². The summed E-state index contributed by atoms with van der Waals surface area (Å²) >= 11 is 0. The minimum Gasteiger partial charge on any atom is -0.371 e. The number of aromatic nitrogens is 2. The average Bonchev–Trinajstić information content (AvgIpc) is 3.17. The zero-order valence-corrected chi connectivity index (χ0v) is 17.5. The Morgan fingerprint density at radius 1 is 1.00 bits per heavy atom. The number of rotatable bonds is 6. The van der Waals surface area contributed by atoms with Gasteiger partial charge in [0.2, 0.25) is 0 Å². The largest absolute Gasteiger partial charge is 0.371 e. The number of hydrogen-bond acceptors (Lipinski definition) is 3. The van der Waals surface area contributed by atoms with Gasteiger partial charge >= 0.3 is 0 Å². The maximum Gasteiger partial charge on any atom is 0.251 e. The third kappa shape index (κ3) is 4.45. The van der Waals surface area contributed by atoms with E-state index >= 15 is 0 Å². The highest BCUT2D eigenvalue weighted by Crippen LogP contribution is 2.22. The van der Waals surface area contributed by atoms with E-state index in [9.17, 15) is 4.79 Å². The number of nitrogens with one attached hydrogen (secondary N) is 1. The first-order valence-electron chi connectivity index (χ1n) is 10.8. The summed E-state index contributed by atoms with van der Waals surface area (Å²) in [6.07, 6.45) is 12.1. The van der Waals surface area contributed by atoms with Crippen molar-refractivity contribution in [3.05, 3.63) is 113 Å². The molecule has 0 fully saturated rings. The van der Waals surface area contributed by atoms with E-state index in [1.54, 1.807) is 6.20 Å². The normalized spacial score (nSPS) is 15.0. The molecule has 5 rings (SSSR count). The van der Waals surface area contributed by atoms with Crippen molar-refractivity contribution in [2.45, 2.75) is 25.9 Å². The van der Waals surface area contributed by atoms with Gasteiger partial charge in [-0.1, -0.05) is 36.4 Å². The molecule has 3 aromatic rings. The molecule has 1 aliphatic carbocycles. The molecule has 0 unspecified atom stereocenters. The van der Waals surface area contributed by atoms with E-state index in [-0.39, 0.29) is 5.91 Å². The predicted octanol–water partition coefficient (Wildman–Crippen LogP) is 3.72. The second-order valence-electron chi connectivity index (χ2n) is 8.13. The van der Waals surface area contributed by atoms with Gasteiger partial charge in [-0.15, -0.1) is 0 Å². The second kappa shape index (κ2) is 8.64. The standard InChI is InChI=1S/C26H26N4O/c31-26(27-18-20-4-1-5-21(16-20)19-30-13-3-12-28-30)24-9-8-22-10-14-29(25-6-2-7-25)15-11-23(22)17-24/h1-9,12-13,16-17H,10-11,14-15,18-19H2,(H,27,31). The SMILES string of the molecule is O=C(NCc1cccc(Cn2cccn2)c1)c1ccc2c(c1)CCN(C1=CC=C1)CC2. The molecular weight excluding hydrogens is 384 g/mol. The Bertz CT molecular complexity index is 1140. The highest BCUT2D eigenvalue weighted by atomic mass is 16.1. The summed E-state index contributed by atoms with van der Waals surface area (Å²) in [7, 11) is 0. The van der Waals surface area contributed by atoms with Crippen LogP contribution < -0.4 is 5.32 Å². The molecule has 0 radical (unpaired) electrons. The van der Waals surface area contributed by atoms with Gasteiger partial charge in [0.1, 0.15) is 0 Å². The fourth-order valence-electron chi connectivity index (χ4n) is 4.22. The molecular formula is C26H26N4O. The minimum atomic E-state index is -0.0222. The number of fused-ring (bicyclic) bond motifs is 1. The molecule has 31 heavy (non-hydrogen) atoms. The Hall–Kier alpha value is -3.60. The highest BCUT2D eigenvalue weighted by Gasteiger charge is 2.17. The molecule has 0 saturated carbocycles. The molecule has 2 heterocycles. The zero-order chi connectivity index (χ0) is 21.0. The maximum absolute atomic E-state index is 12.8. The topological polar surface area (TPSA) is 50.2 Å². The smallest absolute Gasteiger partial charge is 0.251 e. The molecule has 5 nitrogen and oxygen atoms in total. The van der Waals surface area contributed by atoms with Gasteiger partial charge in [0.25, 0.3) is 5.91 Å². The summed E-state index contributed by atoms with van der Waals surface area (Å²) < 4.78 is 1.90. The molecule has 5 heteroatoms. The third-order valence-corrected chi connectivity index (χ3v) is 6.02. The van der Waals surface area contributed by atoms with Crippen LogP contribution >= 0.6 is 0 Å². The van der Waals surface area contributed by atoms with Crippen LogP contribution in [0.2, 0.25) is 0 Å². The summed E-state index contributed by atoms with van der Waals surface area (Å²) in [5.41, 5.74) is 6.96. The van der Waals surface area contributed by atoms with Crippen molar-refractivity contribution in [3.8, 4) is 0 Å². The Labute approximate surface area is 182 Å². The van der Waals surface area contributed by atoms with Crippen LogP contribution in [0.15, 0.2) is 84.8 Å². The molecule has 0 bridgehead atoms.